The van der Waals surface area contributed by atoms with E-state index in [0.717, 1.165) is 53.8 Å². The van der Waals surface area contributed by atoms with E-state index in [2.05, 4.69) is 20.1 Å². The largest absolute Gasteiger partial charge is 0.369 e. The van der Waals surface area contributed by atoms with Crippen molar-refractivity contribution in [1.29, 1.82) is 0 Å². The number of carbonyl (C=O) groups excluding carboxylic acids is 1. The van der Waals surface area contributed by atoms with Gasteiger partial charge in [-0.3, -0.25) is 19.8 Å². The second-order valence-electron chi connectivity index (χ2n) is 7.42. The smallest absolute Gasteiger partial charge is 0.269 e. The maximum atomic E-state index is 12.5. The molecule has 0 spiro atoms. The van der Waals surface area contributed by atoms with Gasteiger partial charge in [-0.15, -0.1) is 11.3 Å². The normalized spacial score (nSPS) is 14.4. The van der Waals surface area contributed by atoms with E-state index in [-0.39, 0.29) is 11.6 Å². The molecule has 0 radical (unpaired) electrons. The van der Waals surface area contributed by atoms with Crippen molar-refractivity contribution in [2.24, 2.45) is 0 Å². The molecule has 0 saturated carbocycles. The number of thiazole rings is 1. The van der Waals surface area contributed by atoms with Crippen molar-refractivity contribution in [1.82, 2.24) is 9.88 Å². The fourth-order valence-corrected chi connectivity index (χ4v) is 4.23. The quantitative estimate of drug-likeness (QED) is 0.466. The molecule has 8 nitrogen and oxygen atoms in total. The van der Waals surface area contributed by atoms with Crippen molar-refractivity contribution in [2.45, 2.75) is 6.92 Å². The lowest BCUT2D eigenvalue weighted by Gasteiger charge is -2.35. The number of nitro benzene ring substituents is 1. The highest BCUT2D eigenvalue weighted by Gasteiger charge is 2.20. The molecule has 31 heavy (non-hydrogen) atoms. The van der Waals surface area contributed by atoms with Crippen LogP contribution in [0.4, 0.5) is 17.1 Å². The first-order chi connectivity index (χ1) is 15.0. The number of aryl methyl sites for hydroxylation is 1. The van der Waals surface area contributed by atoms with Crippen LogP contribution in [-0.4, -0.2) is 53.4 Å². The van der Waals surface area contributed by atoms with Crippen LogP contribution in [0.1, 0.15) is 5.01 Å². The fourth-order valence-electron chi connectivity index (χ4n) is 3.61. The molecule has 0 aliphatic carbocycles. The molecule has 1 aliphatic heterocycles. The summed E-state index contributed by atoms with van der Waals surface area (Å²) in [4.78, 5) is 31.7. The summed E-state index contributed by atoms with van der Waals surface area (Å²) in [6, 6.07) is 14.3. The van der Waals surface area contributed by atoms with E-state index in [1.54, 1.807) is 23.5 Å². The van der Waals surface area contributed by atoms with Crippen molar-refractivity contribution in [2.75, 3.05) is 42.9 Å². The molecule has 1 aromatic heterocycles. The van der Waals surface area contributed by atoms with E-state index < -0.39 is 4.92 Å². The Bertz CT molecular complexity index is 1070. The van der Waals surface area contributed by atoms with Crippen LogP contribution in [0.15, 0.2) is 53.9 Å². The number of aromatic nitrogens is 1. The number of hydrogen-bond acceptors (Lipinski definition) is 7. The second kappa shape index (κ2) is 9.23. The lowest BCUT2D eigenvalue weighted by atomic mass is 10.1. The summed E-state index contributed by atoms with van der Waals surface area (Å²) in [5, 5.41) is 16.8. The van der Waals surface area contributed by atoms with Crippen LogP contribution in [0.2, 0.25) is 0 Å². The molecule has 3 aromatic rings. The minimum Gasteiger partial charge on any atom is -0.369 e. The number of piperazine rings is 1. The molecule has 2 aromatic carbocycles. The SMILES string of the molecule is Cc1nc(-c2cccc(NC(=O)CN3CCN(c4ccc([N+](=O)[O-])cc4)CC3)c2)cs1. The molecule has 0 atom stereocenters. The Labute approximate surface area is 184 Å². The fraction of sp³-hybridized carbons (Fsp3) is 0.273. The van der Waals surface area contributed by atoms with Gasteiger partial charge in [0.25, 0.3) is 5.69 Å². The van der Waals surface area contributed by atoms with Gasteiger partial charge < -0.3 is 10.2 Å². The predicted octanol–water partition coefficient (Wildman–Crippen LogP) is 3.79. The number of hydrogen-bond donors (Lipinski definition) is 1. The Kier molecular flexibility index (Phi) is 6.24. The Morgan fingerprint density at radius 3 is 2.55 bits per heavy atom. The highest BCUT2D eigenvalue weighted by molar-refractivity contribution is 7.09. The topological polar surface area (TPSA) is 91.6 Å². The summed E-state index contributed by atoms with van der Waals surface area (Å²) in [5.41, 5.74) is 3.72. The Hall–Kier alpha value is -3.30. The predicted molar refractivity (Wildman–Crippen MR) is 123 cm³/mol. The maximum Gasteiger partial charge on any atom is 0.269 e. The van der Waals surface area contributed by atoms with Crippen LogP contribution in [0.25, 0.3) is 11.3 Å². The summed E-state index contributed by atoms with van der Waals surface area (Å²) in [6.07, 6.45) is 0. The Morgan fingerprint density at radius 1 is 1.16 bits per heavy atom. The van der Waals surface area contributed by atoms with Gasteiger partial charge in [-0.25, -0.2) is 4.98 Å². The van der Waals surface area contributed by atoms with Crippen LogP contribution < -0.4 is 10.2 Å². The third-order valence-electron chi connectivity index (χ3n) is 5.23. The Morgan fingerprint density at radius 2 is 1.90 bits per heavy atom. The molecule has 0 bridgehead atoms. The third kappa shape index (κ3) is 5.25. The van der Waals surface area contributed by atoms with Crippen LogP contribution in [0.5, 0.6) is 0 Å². The summed E-state index contributed by atoms with van der Waals surface area (Å²) in [7, 11) is 0. The molecule has 1 amide bonds. The zero-order valence-corrected chi connectivity index (χ0v) is 18.0. The zero-order valence-electron chi connectivity index (χ0n) is 17.2. The lowest BCUT2D eigenvalue weighted by Crippen LogP contribution is -2.48. The number of nitrogens with one attached hydrogen (secondary N) is 1. The monoisotopic (exact) mass is 437 g/mol. The first-order valence-corrected chi connectivity index (χ1v) is 10.9. The van der Waals surface area contributed by atoms with Gasteiger partial charge >= 0.3 is 0 Å². The van der Waals surface area contributed by atoms with Crippen molar-refractivity contribution < 1.29 is 9.72 Å². The van der Waals surface area contributed by atoms with E-state index >= 15 is 0 Å². The van der Waals surface area contributed by atoms with Crippen molar-refractivity contribution in [3.8, 4) is 11.3 Å². The average Bonchev–Trinajstić information content (AvgIpc) is 3.21. The van der Waals surface area contributed by atoms with Crippen molar-refractivity contribution in [3.05, 3.63) is 69.0 Å². The van der Waals surface area contributed by atoms with E-state index in [9.17, 15) is 14.9 Å². The standard InChI is InChI=1S/C22H23N5O3S/c1-16-23-21(15-31-16)17-3-2-4-18(13-17)24-22(28)14-25-9-11-26(12-10-25)19-5-7-20(8-6-19)27(29)30/h2-8,13,15H,9-12,14H2,1H3,(H,24,28). The third-order valence-corrected chi connectivity index (χ3v) is 6.00. The van der Waals surface area contributed by atoms with Crippen molar-refractivity contribution >= 4 is 34.3 Å². The summed E-state index contributed by atoms with van der Waals surface area (Å²) in [6.45, 7) is 5.34. The van der Waals surface area contributed by atoms with Crippen LogP contribution in [-0.2, 0) is 4.79 Å². The highest BCUT2D eigenvalue weighted by atomic mass is 32.1. The first kappa shape index (κ1) is 21.0. The van der Waals surface area contributed by atoms with Crippen LogP contribution in [0.3, 0.4) is 0 Å². The number of nitro groups is 1. The minimum atomic E-state index is -0.395. The number of carbonyl (C=O) groups is 1. The van der Waals surface area contributed by atoms with Gasteiger partial charge in [0.1, 0.15) is 0 Å². The van der Waals surface area contributed by atoms with Gasteiger partial charge in [-0.1, -0.05) is 12.1 Å². The van der Waals surface area contributed by atoms with E-state index in [4.69, 9.17) is 0 Å². The molecule has 1 aliphatic rings. The number of benzene rings is 2. The number of anilines is 2. The lowest BCUT2D eigenvalue weighted by molar-refractivity contribution is -0.384. The molecule has 160 valence electrons. The number of rotatable bonds is 6. The van der Waals surface area contributed by atoms with E-state index in [1.807, 2.05) is 36.6 Å². The van der Waals surface area contributed by atoms with Gasteiger partial charge in [0.2, 0.25) is 5.91 Å². The van der Waals surface area contributed by atoms with Crippen molar-refractivity contribution in [3.63, 3.8) is 0 Å². The molecule has 4 rings (SSSR count). The minimum absolute atomic E-state index is 0.0459. The number of nitrogens with zero attached hydrogens (tertiary/aromatic N) is 4. The van der Waals surface area contributed by atoms with Gasteiger partial charge in [0.05, 0.1) is 22.2 Å². The molecule has 0 unspecified atom stereocenters. The number of amides is 1. The molecular formula is C22H23N5O3S. The summed E-state index contributed by atoms with van der Waals surface area (Å²) in [5.74, 6) is -0.0459. The van der Waals surface area contributed by atoms with Crippen LogP contribution >= 0.6 is 11.3 Å². The highest BCUT2D eigenvalue weighted by Crippen LogP contribution is 2.24. The maximum absolute atomic E-state index is 12.5. The van der Waals surface area contributed by atoms with Crippen LogP contribution in [0, 0.1) is 17.0 Å². The second-order valence-corrected chi connectivity index (χ2v) is 8.48. The van der Waals surface area contributed by atoms with Gasteiger partial charge in [-0.05, 0) is 31.2 Å². The molecule has 1 N–H and O–H groups in total. The summed E-state index contributed by atoms with van der Waals surface area (Å²) < 4.78 is 0. The Balaban J connectivity index is 1.29. The number of non-ortho nitro benzene ring substituents is 1. The van der Waals surface area contributed by atoms with E-state index in [0.29, 0.717) is 6.54 Å². The van der Waals surface area contributed by atoms with E-state index in [1.165, 1.54) is 12.1 Å². The molecule has 1 saturated heterocycles. The molecule has 2 heterocycles. The zero-order chi connectivity index (χ0) is 21.8. The van der Waals surface area contributed by atoms with Gasteiger partial charge in [-0.2, -0.15) is 0 Å². The van der Waals surface area contributed by atoms with Gasteiger partial charge in [0.15, 0.2) is 0 Å². The molecule has 1 fully saturated rings. The molecular weight excluding hydrogens is 414 g/mol. The van der Waals surface area contributed by atoms with Gasteiger partial charge in [0, 0.05) is 60.6 Å². The average molecular weight is 438 g/mol. The summed E-state index contributed by atoms with van der Waals surface area (Å²) >= 11 is 1.60. The molecule has 9 heteroatoms. The first-order valence-electron chi connectivity index (χ1n) is 10.0.